The third kappa shape index (κ3) is 6.64. The van der Waals surface area contributed by atoms with E-state index >= 15 is 0 Å². The predicted octanol–water partition coefficient (Wildman–Crippen LogP) is 7.65. The summed E-state index contributed by atoms with van der Waals surface area (Å²) in [6.45, 7) is 6.94. The van der Waals surface area contributed by atoms with Crippen molar-refractivity contribution in [2.75, 3.05) is 0 Å². The van der Waals surface area contributed by atoms with E-state index in [9.17, 15) is 35.9 Å². The maximum Gasteiger partial charge on any atom is 0.416 e. The van der Waals surface area contributed by atoms with E-state index in [1.807, 2.05) is 0 Å². The van der Waals surface area contributed by atoms with E-state index < -0.39 is 48.4 Å². The number of halogens is 8. The minimum atomic E-state index is -5.03. The van der Waals surface area contributed by atoms with Crippen LogP contribution in [0.3, 0.4) is 0 Å². The summed E-state index contributed by atoms with van der Waals surface area (Å²) in [7, 11) is -2.75. The lowest BCUT2D eigenvalue weighted by Crippen LogP contribution is -2.39. The lowest BCUT2D eigenvalue weighted by Gasteiger charge is -2.36. The quantitative estimate of drug-likeness (QED) is 0.283. The molecule has 0 saturated carbocycles. The van der Waals surface area contributed by atoms with Gasteiger partial charge in [-0.1, -0.05) is 25.4 Å². The Morgan fingerprint density at radius 3 is 1.94 bits per heavy atom. The van der Waals surface area contributed by atoms with Gasteiger partial charge in [0.15, 0.2) is 8.32 Å². The first-order valence-corrected chi connectivity index (χ1v) is 13.9. The molecule has 0 aliphatic heterocycles. The predicted molar refractivity (Wildman–Crippen MR) is 121 cm³/mol. The minimum absolute atomic E-state index is 0.00468. The standard InChI is InChI=1S/C21H23BrClF6NO2Si/c1-19(2,33(3,4)32)6-5-17(30-11-15(23)10-16(22)18(30)31)12-7-13(20(24,25)26)9-14(8-12)21(27,28)29/h7-11,17,32H,5-6H2,1-4H3. The number of benzene rings is 1. The van der Waals surface area contributed by atoms with Crippen LogP contribution in [0, 0.1) is 0 Å². The Bertz CT molecular complexity index is 1040. The Hall–Kier alpha value is -1.30. The molecule has 12 heteroatoms. The summed E-state index contributed by atoms with van der Waals surface area (Å²) in [5.41, 5.74) is -3.93. The number of hydrogen-bond acceptors (Lipinski definition) is 2. The summed E-state index contributed by atoms with van der Waals surface area (Å²) in [6.07, 6.45) is -8.64. The number of aromatic nitrogens is 1. The molecule has 0 fully saturated rings. The molecule has 0 saturated heterocycles. The molecule has 1 heterocycles. The fraction of sp³-hybridized carbons (Fsp3) is 0.476. The van der Waals surface area contributed by atoms with Gasteiger partial charge in [0.2, 0.25) is 0 Å². The van der Waals surface area contributed by atoms with Crippen LogP contribution < -0.4 is 5.56 Å². The number of nitrogens with zero attached hydrogens (tertiary/aromatic N) is 1. The maximum absolute atomic E-state index is 13.4. The minimum Gasteiger partial charge on any atom is -0.432 e. The van der Waals surface area contributed by atoms with Crippen molar-refractivity contribution in [3.8, 4) is 0 Å². The van der Waals surface area contributed by atoms with Crippen LogP contribution in [-0.2, 0) is 12.4 Å². The van der Waals surface area contributed by atoms with Gasteiger partial charge < -0.3 is 9.36 Å². The molecular weight excluding hydrogens is 556 g/mol. The number of hydrogen-bond donors (Lipinski definition) is 1. The highest BCUT2D eigenvalue weighted by Crippen LogP contribution is 2.44. The second-order valence-electron chi connectivity index (χ2n) is 9.06. The van der Waals surface area contributed by atoms with Gasteiger partial charge in [0.25, 0.3) is 5.56 Å². The number of pyridine rings is 1. The normalized spacial score (nSPS) is 14.5. The Morgan fingerprint density at radius 2 is 1.52 bits per heavy atom. The first-order chi connectivity index (χ1) is 14.7. The van der Waals surface area contributed by atoms with E-state index in [0.29, 0.717) is 12.1 Å². The zero-order chi connectivity index (χ0) is 25.6. The maximum atomic E-state index is 13.4. The Labute approximate surface area is 201 Å². The molecular formula is C21H23BrClF6NO2Si. The number of alkyl halides is 6. The van der Waals surface area contributed by atoms with E-state index in [0.717, 1.165) is 4.57 Å². The van der Waals surface area contributed by atoms with Crippen molar-refractivity contribution < 1.29 is 31.1 Å². The summed E-state index contributed by atoms with van der Waals surface area (Å²) in [5, 5.41) is -0.565. The molecule has 0 aliphatic carbocycles. The molecule has 1 unspecified atom stereocenters. The zero-order valence-electron chi connectivity index (χ0n) is 18.2. The second kappa shape index (κ2) is 9.39. The van der Waals surface area contributed by atoms with Crippen LogP contribution in [0.25, 0.3) is 0 Å². The molecule has 2 aromatic rings. The summed E-state index contributed by atoms with van der Waals surface area (Å²) in [5.74, 6) is 0. The van der Waals surface area contributed by atoms with E-state index in [1.165, 1.54) is 12.3 Å². The van der Waals surface area contributed by atoms with Gasteiger partial charge >= 0.3 is 12.4 Å². The summed E-state index contributed by atoms with van der Waals surface area (Å²) in [6, 6.07) is 1.39. The SMILES string of the molecule is CC(C)(CCC(c1cc(C(F)(F)F)cc(C(F)(F)F)c1)n1cc(Cl)cc(Br)c1=O)[Si](C)(C)O. The van der Waals surface area contributed by atoms with Crippen LogP contribution >= 0.6 is 27.5 Å². The van der Waals surface area contributed by atoms with Gasteiger partial charge in [-0.15, -0.1) is 0 Å². The van der Waals surface area contributed by atoms with Crippen LogP contribution in [0.1, 0.15) is 49.4 Å². The molecule has 0 spiro atoms. The molecule has 184 valence electrons. The highest BCUT2D eigenvalue weighted by Gasteiger charge is 2.40. The molecule has 3 nitrogen and oxygen atoms in total. The highest BCUT2D eigenvalue weighted by atomic mass is 79.9. The van der Waals surface area contributed by atoms with Crippen molar-refractivity contribution in [1.82, 2.24) is 4.57 Å². The molecule has 33 heavy (non-hydrogen) atoms. The molecule has 2 rings (SSSR count). The van der Waals surface area contributed by atoms with Crippen molar-refractivity contribution in [3.05, 3.63) is 67.0 Å². The average molecular weight is 579 g/mol. The third-order valence-electron chi connectivity index (χ3n) is 6.00. The van der Waals surface area contributed by atoms with E-state index in [-0.39, 0.29) is 34.0 Å². The Morgan fingerprint density at radius 1 is 1.03 bits per heavy atom. The smallest absolute Gasteiger partial charge is 0.416 e. The topological polar surface area (TPSA) is 42.2 Å². The van der Waals surface area contributed by atoms with E-state index in [2.05, 4.69) is 15.9 Å². The first kappa shape index (κ1) is 27.9. The van der Waals surface area contributed by atoms with Crippen molar-refractivity contribution >= 4 is 35.8 Å². The molecule has 0 radical (unpaired) electrons. The summed E-state index contributed by atoms with van der Waals surface area (Å²) >= 11 is 9.08. The van der Waals surface area contributed by atoms with Gasteiger partial charge in [0, 0.05) is 6.20 Å². The Balaban J connectivity index is 2.77. The lowest BCUT2D eigenvalue weighted by atomic mass is 9.93. The summed E-state index contributed by atoms with van der Waals surface area (Å²) < 4.78 is 81.7. The van der Waals surface area contributed by atoms with Gasteiger partial charge in [0.1, 0.15) is 0 Å². The fourth-order valence-corrected chi connectivity index (χ4v) is 4.76. The molecule has 0 aliphatic rings. The molecule has 0 bridgehead atoms. The van der Waals surface area contributed by atoms with E-state index in [1.54, 1.807) is 26.9 Å². The number of rotatable bonds is 6. The highest BCUT2D eigenvalue weighted by molar-refractivity contribution is 9.10. The fourth-order valence-electron chi connectivity index (χ4n) is 3.21. The van der Waals surface area contributed by atoms with Crippen LogP contribution in [0.5, 0.6) is 0 Å². The van der Waals surface area contributed by atoms with Gasteiger partial charge in [0.05, 0.1) is 26.7 Å². The first-order valence-electron chi connectivity index (χ1n) is 9.83. The van der Waals surface area contributed by atoms with Gasteiger partial charge in [-0.05, 0) is 76.7 Å². The molecule has 1 aromatic carbocycles. The molecule has 1 aromatic heterocycles. The lowest BCUT2D eigenvalue weighted by molar-refractivity contribution is -0.143. The monoisotopic (exact) mass is 577 g/mol. The molecule has 0 amide bonds. The van der Waals surface area contributed by atoms with Crippen LogP contribution in [-0.4, -0.2) is 17.7 Å². The average Bonchev–Trinajstić information content (AvgIpc) is 2.63. The molecule has 1 N–H and O–H groups in total. The van der Waals surface area contributed by atoms with Crippen molar-refractivity contribution in [3.63, 3.8) is 0 Å². The van der Waals surface area contributed by atoms with Gasteiger partial charge in [-0.3, -0.25) is 4.79 Å². The van der Waals surface area contributed by atoms with Gasteiger partial charge in [-0.25, -0.2) is 0 Å². The van der Waals surface area contributed by atoms with Crippen LogP contribution in [0.4, 0.5) is 26.3 Å². The van der Waals surface area contributed by atoms with Gasteiger partial charge in [-0.2, -0.15) is 26.3 Å². The zero-order valence-corrected chi connectivity index (χ0v) is 21.5. The van der Waals surface area contributed by atoms with E-state index in [4.69, 9.17) is 11.6 Å². The largest absolute Gasteiger partial charge is 0.432 e. The summed E-state index contributed by atoms with van der Waals surface area (Å²) in [4.78, 5) is 23.4. The second-order valence-corrected chi connectivity index (χ2v) is 14.8. The van der Waals surface area contributed by atoms with Crippen LogP contribution in [0.15, 0.2) is 39.7 Å². The van der Waals surface area contributed by atoms with Crippen molar-refractivity contribution in [2.45, 2.75) is 63.2 Å². The Kier molecular flexibility index (Phi) is 7.95. The van der Waals surface area contributed by atoms with Crippen molar-refractivity contribution in [2.24, 2.45) is 0 Å². The molecule has 1 atom stereocenters. The third-order valence-corrected chi connectivity index (χ3v) is 10.3. The van der Waals surface area contributed by atoms with Crippen molar-refractivity contribution in [1.29, 1.82) is 0 Å². The van der Waals surface area contributed by atoms with Crippen LogP contribution in [0.2, 0.25) is 23.2 Å².